The summed E-state index contributed by atoms with van der Waals surface area (Å²) in [6, 6.07) is 5.69. The zero-order valence-corrected chi connectivity index (χ0v) is 19.5. The Morgan fingerprint density at radius 2 is 2.16 bits per heavy atom. The molecule has 7 nitrogen and oxygen atoms in total. The Bertz CT molecular complexity index is 1280. The highest BCUT2D eigenvalue weighted by atomic mass is 32.2. The van der Waals surface area contributed by atoms with Crippen molar-refractivity contribution in [3.63, 3.8) is 0 Å². The summed E-state index contributed by atoms with van der Waals surface area (Å²) >= 11 is 3.23. The van der Waals surface area contributed by atoms with Crippen LogP contribution in [0.1, 0.15) is 41.6 Å². The molecule has 0 atom stereocenters. The largest absolute Gasteiger partial charge is 0.326 e. The molecule has 0 saturated carbocycles. The molecule has 2 amide bonds. The van der Waals surface area contributed by atoms with E-state index in [2.05, 4.69) is 15.3 Å². The average Bonchev–Trinajstić information content (AvgIpc) is 3.44. The topological polar surface area (TPSA) is 95.2 Å². The number of carbonyl (C=O) groups is 2. The normalized spacial score (nSPS) is 14.6. The number of thiophene rings is 1. The number of nitrogens with one attached hydrogen (secondary N) is 2. The van der Waals surface area contributed by atoms with Crippen LogP contribution in [0.5, 0.6) is 0 Å². The molecular formula is C23H24N4O3S2. The van der Waals surface area contributed by atoms with Crippen molar-refractivity contribution in [1.29, 1.82) is 0 Å². The number of hydrogen-bond acceptors (Lipinski definition) is 6. The number of thioether (sulfide) groups is 1. The second-order valence-corrected chi connectivity index (χ2v) is 10.4. The second kappa shape index (κ2) is 8.71. The molecule has 32 heavy (non-hydrogen) atoms. The lowest BCUT2D eigenvalue weighted by atomic mass is 10.1. The standard InChI is InChI=1S/C23H24N4O3S2/c1-13(28)27-9-7-14-11-15(5-6-17(14)27)24-20(29)8-10-31-12-19-25-22(30)21-16-3-2-4-18(16)32-23(21)26-19/h5-6,11H,2-4,7-10,12H2,1H3,(H,24,29)(H,25,26,30). The van der Waals surface area contributed by atoms with Gasteiger partial charge in [-0.1, -0.05) is 0 Å². The molecule has 1 aliphatic heterocycles. The Balaban J connectivity index is 1.13. The van der Waals surface area contributed by atoms with Crippen molar-refractivity contribution in [3.05, 3.63) is 50.4 Å². The van der Waals surface area contributed by atoms with Crippen LogP contribution < -0.4 is 15.8 Å². The number of H-pyrrole nitrogens is 1. The number of aromatic amines is 1. The van der Waals surface area contributed by atoms with Gasteiger partial charge in [-0.05, 0) is 55.0 Å². The van der Waals surface area contributed by atoms with Crippen molar-refractivity contribution in [2.75, 3.05) is 22.5 Å². The van der Waals surface area contributed by atoms with Gasteiger partial charge in [0.05, 0.1) is 11.1 Å². The maximum Gasteiger partial charge on any atom is 0.259 e. The number of rotatable bonds is 6. The molecule has 0 radical (unpaired) electrons. The van der Waals surface area contributed by atoms with E-state index in [-0.39, 0.29) is 17.4 Å². The number of amides is 2. The molecule has 0 bridgehead atoms. The first-order valence-electron chi connectivity index (χ1n) is 10.8. The fourth-order valence-electron chi connectivity index (χ4n) is 4.48. The van der Waals surface area contributed by atoms with Gasteiger partial charge >= 0.3 is 0 Å². The minimum Gasteiger partial charge on any atom is -0.326 e. The Morgan fingerprint density at radius 3 is 3.00 bits per heavy atom. The summed E-state index contributed by atoms with van der Waals surface area (Å²) in [4.78, 5) is 48.0. The van der Waals surface area contributed by atoms with Crippen molar-refractivity contribution in [3.8, 4) is 0 Å². The molecule has 2 N–H and O–H groups in total. The van der Waals surface area contributed by atoms with Crippen LogP contribution >= 0.6 is 23.1 Å². The quantitative estimate of drug-likeness (QED) is 0.539. The Kier molecular flexibility index (Phi) is 5.77. The van der Waals surface area contributed by atoms with Crippen molar-refractivity contribution < 1.29 is 9.59 Å². The van der Waals surface area contributed by atoms with Gasteiger partial charge in [0.2, 0.25) is 11.8 Å². The molecule has 3 heterocycles. The number of anilines is 2. The van der Waals surface area contributed by atoms with E-state index in [9.17, 15) is 14.4 Å². The molecular weight excluding hydrogens is 444 g/mol. The lowest BCUT2D eigenvalue weighted by molar-refractivity contribution is -0.117. The fraction of sp³-hybridized carbons (Fsp3) is 0.391. The van der Waals surface area contributed by atoms with Crippen LogP contribution in [-0.4, -0.2) is 34.1 Å². The molecule has 0 saturated heterocycles. The first kappa shape index (κ1) is 21.2. The van der Waals surface area contributed by atoms with Crippen LogP contribution in [0.4, 0.5) is 11.4 Å². The van der Waals surface area contributed by atoms with Gasteiger partial charge < -0.3 is 15.2 Å². The maximum absolute atomic E-state index is 12.5. The molecule has 0 spiro atoms. The summed E-state index contributed by atoms with van der Waals surface area (Å²) < 4.78 is 0. The number of aromatic nitrogens is 2. The van der Waals surface area contributed by atoms with Crippen molar-refractivity contribution in [2.45, 2.75) is 44.8 Å². The predicted molar refractivity (Wildman–Crippen MR) is 130 cm³/mol. The molecule has 0 fully saturated rings. The third-order valence-corrected chi connectivity index (χ3v) is 8.13. The van der Waals surface area contributed by atoms with Crippen LogP contribution in [0.2, 0.25) is 0 Å². The van der Waals surface area contributed by atoms with Gasteiger partial charge in [0.1, 0.15) is 10.7 Å². The molecule has 3 aromatic rings. The lowest BCUT2D eigenvalue weighted by Gasteiger charge is -2.15. The lowest BCUT2D eigenvalue weighted by Crippen LogP contribution is -2.25. The van der Waals surface area contributed by atoms with E-state index in [1.807, 2.05) is 18.2 Å². The SMILES string of the molecule is CC(=O)N1CCc2cc(NC(=O)CCSCc3nc4sc5c(c4c(=O)[nH]3)CCC5)ccc21. The van der Waals surface area contributed by atoms with E-state index in [4.69, 9.17) is 0 Å². The fourth-order valence-corrected chi connectivity index (χ4v) is 6.56. The molecule has 0 unspecified atom stereocenters. The number of benzene rings is 1. The van der Waals surface area contributed by atoms with E-state index in [0.717, 1.165) is 52.8 Å². The van der Waals surface area contributed by atoms with Gasteiger partial charge in [-0.2, -0.15) is 11.8 Å². The Morgan fingerprint density at radius 1 is 1.28 bits per heavy atom. The van der Waals surface area contributed by atoms with Crippen LogP contribution in [0, 0.1) is 0 Å². The van der Waals surface area contributed by atoms with Gasteiger partial charge in [0, 0.05) is 41.9 Å². The third kappa shape index (κ3) is 4.06. The highest BCUT2D eigenvalue weighted by molar-refractivity contribution is 7.98. The number of fused-ring (bicyclic) bond motifs is 4. The van der Waals surface area contributed by atoms with Gasteiger partial charge in [-0.3, -0.25) is 14.4 Å². The monoisotopic (exact) mass is 468 g/mol. The predicted octanol–water partition coefficient (Wildman–Crippen LogP) is 3.64. The van der Waals surface area contributed by atoms with Crippen molar-refractivity contribution >= 4 is 56.5 Å². The summed E-state index contributed by atoms with van der Waals surface area (Å²) in [6.07, 6.45) is 4.33. The zero-order valence-electron chi connectivity index (χ0n) is 17.8. The minimum atomic E-state index is -0.0505. The molecule has 2 aliphatic rings. The van der Waals surface area contributed by atoms with Crippen molar-refractivity contribution in [2.24, 2.45) is 0 Å². The highest BCUT2D eigenvalue weighted by Crippen LogP contribution is 2.34. The van der Waals surface area contributed by atoms with Crippen LogP contribution in [0.25, 0.3) is 10.2 Å². The second-order valence-electron chi connectivity index (χ2n) is 8.17. The summed E-state index contributed by atoms with van der Waals surface area (Å²) in [5, 5.41) is 3.72. The van der Waals surface area contributed by atoms with Crippen LogP contribution in [0.3, 0.4) is 0 Å². The van der Waals surface area contributed by atoms with E-state index >= 15 is 0 Å². The van der Waals surface area contributed by atoms with E-state index in [0.29, 0.717) is 30.3 Å². The summed E-state index contributed by atoms with van der Waals surface area (Å²) in [6.45, 7) is 2.26. The number of carbonyl (C=O) groups excluding carboxylic acids is 2. The Hall–Kier alpha value is -2.65. The van der Waals surface area contributed by atoms with Gasteiger partial charge in [-0.15, -0.1) is 11.3 Å². The summed E-state index contributed by atoms with van der Waals surface area (Å²) in [5.74, 6) is 1.86. The molecule has 1 aliphatic carbocycles. The Labute approximate surface area is 193 Å². The maximum atomic E-state index is 12.5. The number of aryl methyl sites for hydroxylation is 2. The average molecular weight is 469 g/mol. The first-order chi connectivity index (χ1) is 15.5. The van der Waals surface area contributed by atoms with Gasteiger partial charge in [-0.25, -0.2) is 4.98 Å². The summed E-state index contributed by atoms with van der Waals surface area (Å²) in [7, 11) is 0. The van der Waals surface area contributed by atoms with Gasteiger partial charge in [0.25, 0.3) is 5.56 Å². The van der Waals surface area contributed by atoms with Crippen LogP contribution in [0.15, 0.2) is 23.0 Å². The first-order valence-corrected chi connectivity index (χ1v) is 12.8. The van der Waals surface area contributed by atoms with E-state index in [1.165, 1.54) is 10.4 Å². The number of nitrogens with zero attached hydrogens (tertiary/aromatic N) is 2. The minimum absolute atomic E-state index is 0.0377. The molecule has 2 aromatic heterocycles. The summed E-state index contributed by atoms with van der Waals surface area (Å²) in [5.41, 5.74) is 3.92. The molecule has 166 valence electrons. The molecule has 5 rings (SSSR count). The number of hydrogen-bond donors (Lipinski definition) is 2. The van der Waals surface area contributed by atoms with Gasteiger partial charge in [0.15, 0.2) is 0 Å². The third-order valence-electron chi connectivity index (χ3n) is 5.98. The molecule has 9 heteroatoms. The van der Waals surface area contributed by atoms with E-state index < -0.39 is 0 Å². The van der Waals surface area contributed by atoms with Crippen LogP contribution in [-0.2, 0) is 34.6 Å². The highest BCUT2D eigenvalue weighted by Gasteiger charge is 2.23. The van der Waals surface area contributed by atoms with E-state index in [1.54, 1.807) is 34.9 Å². The zero-order chi connectivity index (χ0) is 22.2. The molecule has 1 aromatic carbocycles. The smallest absolute Gasteiger partial charge is 0.259 e. The van der Waals surface area contributed by atoms with Crippen molar-refractivity contribution in [1.82, 2.24) is 9.97 Å².